The van der Waals surface area contributed by atoms with Crippen molar-refractivity contribution in [3.05, 3.63) is 77.6 Å². The van der Waals surface area contributed by atoms with Crippen LogP contribution >= 0.6 is 0 Å². The van der Waals surface area contributed by atoms with Gasteiger partial charge in [0, 0.05) is 23.7 Å². The number of carbonyl (C=O) groups is 1. The molecule has 0 saturated carbocycles. The molecule has 0 bridgehead atoms. The van der Waals surface area contributed by atoms with E-state index in [0.29, 0.717) is 11.6 Å². The predicted molar refractivity (Wildman–Crippen MR) is 89.9 cm³/mol. The van der Waals surface area contributed by atoms with Gasteiger partial charge in [-0.25, -0.2) is 28.2 Å². The molecule has 2 N–H and O–H groups in total. The Bertz CT molecular complexity index is 948. The average Bonchev–Trinajstić information content (AvgIpc) is 3.13. The van der Waals surface area contributed by atoms with Crippen molar-refractivity contribution in [2.45, 2.75) is 25.0 Å². The molecular weight excluding hydrogens is 358 g/mol. The molecule has 27 heavy (non-hydrogen) atoms. The number of nitrogens with zero attached hydrogens (tertiary/aromatic N) is 4. The van der Waals surface area contributed by atoms with Crippen LogP contribution in [0.15, 0.2) is 49.2 Å². The van der Waals surface area contributed by atoms with Crippen LogP contribution in [0.1, 0.15) is 34.5 Å². The summed E-state index contributed by atoms with van der Waals surface area (Å²) in [6, 6.07) is 5.72. The quantitative estimate of drug-likeness (QED) is 0.687. The lowest BCUT2D eigenvalue weighted by Gasteiger charge is -2.35. The van der Waals surface area contributed by atoms with E-state index in [-0.39, 0.29) is 17.8 Å². The lowest BCUT2D eigenvalue weighted by atomic mass is 9.78. The molecule has 0 saturated heterocycles. The first kappa shape index (κ1) is 18.6. The van der Waals surface area contributed by atoms with Crippen molar-refractivity contribution in [1.82, 2.24) is 19.7 Å². The summed E-state index contributed by atoms with van der Waals surface area (Å²) in [7, 11) is 0. The molecule has 0 spiro atoms. The van der Waals surface area contributed by atoms with Crippen molar-refractivity contribution < 1.29 is 23.8 Å². The van der Waals surface area contributed by atoms with Crippen LogP contribution in [0.25, 0.3) is 0 Å². The van der Waals surface area contributed by atoms with Crippen molar-refractivity contribution in [3.8, 4) is 0 Å². The number of rotatable bonds is 6. The van der Waals surface area contributed by atoms with Crippen molar-refractivity contribution in [2.75, 3.05) is 0 Å². The standard InChI is InChI=1S/C18H16F2N4O3/c1-11(12-2-5-16(17(25)26)22-7-12)18(27,8-24-10-21-9-23-24)14-4-3-13(19)6-15(14)20/h2-7,9-11,27H,8H2,1H3,(H,25,26). The van der Waals surface area contributed by atoms with E-state index in [0.717, 1.165) is 6.07 Å². The van der Waals surface area contributed by atoms with Crippen molar-refractivity contribution >= 4 is 5.97 Å². The van der Waals surface area contributed by atoms with Crippen LogP contribution in [0.5, 0.6) is 0 Å². The summed E-state index contributed by atoms with van der Waals surface area (Å²) in [6.07, 6.45) is 3.95. The van der Waals surface area contributed by atoms with Crippen LogP contribution in [-0.2, 0) is 12.1 Å². The smallest absolute Gasteiger partial charge is 0.354 e. The Labute approximate surface area is 152 Å². The number of hydrogen-bond donors (Lipinski definition) is 2. The monoisotopic (exact) mass is 374 g/mol. The molecule has 1 aromatic carbocycles. The van der Waals surface area contributed by atoms with Gasteiger partial charge in [0.05, 0.1) is 6.54 Å². The van der Waals surface area contributed by atoms with E-state index in [1.165, 1.54) is 41.7 Å². The van der Waals surface area contributed by atoms with Crippen molar-refractivity contribution in [3.63, 3.8) is 0 Å². The molecule has 7 nitrogen and oxygen atoms in total. The van der Waals surface area contributed by atoms with Crippen LogP contribution in [0.4, 0.5) is 8.78 Å². The fraction of sp³-hybridized carbons (Fsp3) is 0.222. The van der Waals surface area contributed by atoms with E-state index >= 15 is 0 Å². The molecule has 0 amide bonds. The van der Waals surface area contributed by atoms with E-state index < -0.39 is 29.1 Å². The number of hydrogen-bond acceptors (Lipinski definition) is 5. The van der Waals surface area contributed by atoms with Gasteiger partial charge < -0.3 is 10.2 Å². The second-order valence-electron chi connectivity index (χ2n) is 6.15. The number of aromatic nitrogens is 4. The second-order valence-corrected chi connectivity index (χ2v) is 6.15. The molecule has 9 heteroatoms. The highest BCUT2D eigenvalue weighted by Gasteiger charge is 2.40. The Kier molecular flexibility index (Phi) is 4.95. The maximum Gasteiger partial charge on any atom is 0.354 e. The first-order valence-electron chi connectivity index (χ1n) is 8.01. The molecule has 2 unspecified atom stereocenters. The normalized spacial score (nSPS) is 14.5. The second kappa shape index (κ2) is 7.20. The number of pyridine rings is 1. The zero-order chi connectivity index (χ0) is 19.6. The highest BCUT2D eigenvalue weighted by Crippen LogP contribution is 2.39. The van der Waals surface area contributed by atoms with Crippen LogP contribution in [0, 0.1) is 11.6 Å². The Balaban J connectivity index is 2.06. The molecule has 0 aliphatic carbocycles. The number of aromatic carboxylic acids is 1. The summed E-state index contributed by atoms with van der Waals surface area (Å²) >= 11 is 0. The van der Waals surface area contributed by atoms with E-state index in [1.54, 1.807) is 6.92 Å². The number of halogens is 2. The summed E-state index contributed by atoms with van der Waals surface area (Å²) in [5, 5.41) is 24.3. The van der Waals surface area contributed by atoms with E-state index in [1.807, 2.05) is 0 Å². The molecule has 2 atom stereocenters. The molecule has 2 aromatic heterocycles. The highest BCUT2D eigenvalue weighted by atomic mass is 19.1. The number of aliphatic hydroxyl groups is 1. The minimum Gasteiger partial charge on any atom is -0.477 e. The highest BCUT2D eigenvalue weighted by molar-refractivity contribution is 5.85. The maximum atomic E-state index is 14.5. The topological polar surface area (TPSA) is 101 Å². The van der Waals surface area contributed by atoms with Crippen LogP contribution in [0.3, 0.4) is 0 Å². The minimum atomic E-state index is -1.82. The van der Waals surface area contributed by atoms with Crippen LogP contribution < -0.4 is 0 Å². The number of benzene rings is 1. The zero-order valence-electron chi connectivity index (χ0n) is 14.3. The Morgan fingerprint density at radius 3 is 2.63 bits per heavy atom. The largest absolute Gasteiger partial charge is 0.477 e. The maximum absolute atomic E-state index is 14.5. The molecule has 140 valence electrons. The van der Waals surface area contributed by atoms with Gasteiger partial charge in [0.2, 0.25) is 0 Å². The van der Waals surface area contributed by atoms with Gasteiger partial charge in [-0.15, -0.1) is 0 Å². The van der Waals surface area contributed by atoms with Gasteiger partial charge in [-0.3, -0.25) is 0 Å². The Morgan fingerprint density at radius 2 is 2.07 bits per heavy atom. The third kappa shape index (κ3) is 3.68. The molecule has 3 rings (SSSR count). The average molecular weight is 374 g/mol. The van der Waals surface area contributed by atoms with Gasteiger partial charge in [0.15, 0.2) is 0 Å². The van der Waals surface area contributed by atoms with E-state index in [9.17, 15) is 18.7 Å². The fourth-order valence-electron chi connectivity index (χ4n) is 2.92. The molecule has 0 radical (unpaired) electrons. The molecule has 3 aromatic rings. The van der Waals surface area contributed by atoms with Gasteiger partial charge in [-0.1, -0.05) is 19.1 Å². The molecule has 0 fully saturated rings. The summed E-state index contributed by atoms with van der Waals surface area (Å²) in [5.41, 5.74) is -1.61. The van der Waals surface area contributed by atoms with Gasteiger partial charge >= 0.3 is 5.97 Å². The molecule has 0 aliphatic heterocycles. The van der Waals surface area contributed by atoms with Gasteiger partial charge in [0.1, 0.15) is 35.6 Å². The van der Waals surface area contributed by atoms with Gasteiger partial charge in [-0.05, 0) is 17.7 Å². The summed E-state index contributed by atoms with van der Waals surface area (Å²) in [4.78, 5) is 18.6. The SMILES string of the molecule is CC(c1ccc(C(=O)O)nc1)C(O)(Cn1cncn1)c1ccc(F)cc1F. The zero-order valence-corrected chi connectivity index (χ0v) is 14.3. The first-order valence-corrected chi connectivity index (χ1v) is 8.01. The molecule has 2 heterocycles. The molecule has 0 aliphatic rings. The third-order valence-electron chi connectivity index (χ3n) is 4.49. The van der Waals surface area contributed by atoms with Crippen molar-refractivity contribution in [2.24, 2.45) is 0 Å². The summed E-state index contributed by atoms with van der Waals surface area (Å²) < 4.78 is 29.2. The van der Waals surface area contributed by atoms with Gasteiger partial charge in [-0.2, -0.15) is 5.10 Å². The predicted octanol–water partition coefficient (Wildman–Crippen LogP) is 2.34. The van der Waals surface area contributed by atoms with E-state index in [4.69, 9.17) is 5.11 Å². The lowest BCUT2D eigenvalue weighted by Crippen LogP contribution is -2.38. The van der Waals surface area contributed by atoms with Crippen molar-refractivity contribution in [1.29, 1.82) is 0 Å². The number of carboxylic acids is 1. The Morgan fingerprint density at radius 1 is 1.30 bits per heavy atom. The molecular formula is C18H16F2N4O3. The summed E-state index contributed by atoms with van der Waals surface area (Å²) in [5.74, 6) is -3.58. The minimum absolute atomic E-state index is 0.116. The van der Waals surface area contributed by atoms with E-state index in [2.05, 4.69) is 15.1 Å². The lowest BCUT2D eigenvalue weighted by molar-refractivity contribution is -0.0113. The Hall–Kier alpha value is -3.20. The van der Waals surface area contributed by atoms with Gasteiger partial charge in [0.25, 0.3) is 0 Å². The number of carboxylic acid groups (broad SMARTS) is 1. The summed E-state index contributed by atoms with van der Waals surface area (Å²) in [6.45, 7) is 1.48. The third-order valence-corrected chi connectivity index (χ3v) is 4.49. The fourth-order valence-corrected chi connectivity index (χ4v) is 2.92. The van der Waals surface area contributed by atoms with Crippen LogP contribution in [-0.4, -0.2) is 35.9 Å². The van der Waals surface area contributed by atoms with Crippen LogP contribution in [0.2, 0.25) is 0 Å². The first-order chi connectivity index (χ1) is 12.8.